The number of alkyl halides is 4. The van der Waals surface area contributed by atoms with Crippen LogP contribution in [-0.2, 0) is 4.79 Å². The molecule has 0 aliphatic carbocycles. The molecule has 0 saturated carbocycles. The molecular weight excluding hydrogens is 345 g/mol. The first-order valence-electron chi connectivity index (χ1n) is 7.05. The van der Waals surface area contributed by atoms with Crippen LogP contribution in [-0.4, -0.2) is 30.4 Å². The number of fused-ring (bicyclic) bond motifs is 3. The van der Waals surface area contributed by atoms with Crippen molar-refractivity contribution < 1.29 is 22.8 Å². The zero-order valence-corrected chi connectivity index (χ0v) is 13.0. The summed E-state index contributed by atoms with van der Waals surface area (Å²) in [6.45, 7) is -0.156. The minimum Gasteiger partial charge on any atom is -0.366 e. The molecule has 0 spiro atoms. The van der Waals surface area contributed by atoms with Crippen molar-refractivity contribution in [2.24, 2.45) is 5.73 Å². The van der Waals surface area contributed by atoms with Gasteiger partial charge in [-0.3, -0.25) is 9.59 Å². The molecule has 0 saturated heterocycles. The number of carbonyl (C=O) groups excluding carboxylic acids is 2. The van der Waals surface area contributed by atoms with Gasteiger partial charge < -0.3 is 10.6 Å². The first-order valence-corrected chi connectivity index (χ1v) is 7.59. The number of amides is 2. The highest BCUT2D eigenvalue weighted by atomic mass is 35.5. The van der Waals surface area contributed by atoms with E-state index < -0.39 is 23.9 Å². The highest BCUT2D eigenvalue weighted by Crippen LogP contribution is 2.43. The molecule has 2 aromatic carbocycles. The van der Waals surface area contributed by atoms with Gasteiger partial charge in [0.05, 0.1) is 0 Å². The maximum Gasteiger partial charge on any atom is 0.471 e. The van der Waals surface area contributed by atoms with Gasteiger partial charge in [-0.1, -0.05) is 18.2 Å². The van der Waals surface area contributed by atoms with Gasteiger partial charge in [0.1, 0.15) is 0 Å². The van der Waals surface area contributed by atoms with Crippen LogP contribution in [0.2, 0.25) is 0 Å². The molecule has 4 nitrogen and oxygen atoms in total. The Labute approximate surface area is 140 Å². The molecule has 8 heteroatoms. The van der Waals surface area contributed by atoms with E-state index in [0.717, 1.165) is 0 Å². The third-order valence-electron chi connectivity index (χ3n) is 4.12. The second kappa shape index (κ2) is 5.66. The van der Waals surface area contributed by atoms with E-state index in [2.05, 4.69) is 0 Å². The number of nitrogens with two attached hydrogens (primary N) is 1. The Morgan fingerprint density at radius 3 is 2.50 bits per heavy atom. The second-order valence-corrected chi connectivity index (χ2v) is 5.84. The summed E-state index contributed by atoms with van der Waals surface area (Å²) in [7, 11) is 0. The molecule has 2 N–H and O–H groups in total. The highest BCUT2D eigenvalue weighted by molar-refractivity contribution is 6.19. The number of hydrogen-bond donors (Lipinski definition) is 1. The summed E-state index contributed by atoms with van der Waals surface area (Å²) >= 11 is 5.91. The standard InChI is InChI=1S/C16H12ClF3N2O2/c17-6-8-7-22(15(24)16(18,19)20)12-5-4-9-10(13(8)12)2-1-3-11(9)14(21)23/h1-5,8H,6-7H2,(H2,21,23). The predicted molar refractivity (Wildman–Crippen MR) is 84.3 cm³/mol. The average Bonchev–Trinajstić information content (AvgIpc) is 2.91. The number of halogens is 4. The first-order chi connectivity index (χ1) is 11.3. The summed E-state index contributed by atoms with van der Waals surface area (Å²) in [6.07, 6.45) is -4.97. The summed E-state index contributed by atoms with van der Waals surface area (Å²) in [6, 6.07) is 7.73. The van der Waals surface area contributed by atoms with Crippen molar-refractivity contribution in [3.8, 4) is 0 Å². The fraction of sp³-hybridized carbons (Fsp3) is 0.250. The van der Waals surface area contributed by atoms with Crippen LogP contribution in [0, 0.1) is 0 Å². The van der Waals surface area contributed by atoms with Crippen molar-refractivity contribution in [2.75, 3.05) is 17.3 Å². The number of carbonyl (C=O) groups is 2. The molecule has 24 heavy (non-hydrogen) atoms. The van der Waals surface area contributed by atoms with Crippen molar-refractivity contribution in [3.63, 3.8) is 0 Å². The van der Waals surface area contributed by atoms with Gasteiger partial charge in [0.15, 0.2) is 0 Å². The SMILES string of the molecule is NC(=O)c1cccc2c3c(ccc12)N(C(=O)C(F)(F)F)CC3CCl. The van der Waals surface area contributed by atoms with Gasteiger partial charge >= 0.3 is 12.1 Å². The van der Waals surface area contributed by atoms with Gasteiger partial charge in [-0.15, -0.1) is 11.6 Å². The molecule has 0 bridgehead atoms. The minimum absolute atomic E-state index is 0.0501. The van der Waals surface area contributed by atoms with Gasteiger partial charge in [-0.25, -0.2) is 0 Å². The van der Waals surface area contributed by atoms with Crippen LogP contribution in [0.15, 0.2) is 30.3 Å². The lowest BCUT2D eigenvalue weighted by atomic mass is 9.93. The zero-order valence-electron chi connectivity index (χ0n) is 12.2. The quantitative estimate of drug-likeness (QED) is 0.840. The van der Waals surface area contributed by atoms with E-state index in [0.29, 0.717) is 21.2 Å². The summed E-state index contributed by atoms with van der Waals surface area (Å²) in [5.74, 6) is -2.97. The van der Waals surface area contributed by atoms with E-state index >= 15 is 0 Å². The molecule has 1 aliphatic rings. The average molecular weight is 357 g/mol. The van der Waals surface area contributed by atoms with Crippen molar-refractivity contribution >= 4 is 39.9 Å². The van der Waals surface area contributed by atoms with Gasteiger partial charge in [0.2, 0.25) is 5.91 Å². The molecule has 126 valence electrons. The van der Waals surface area contributed by atoms with Crippen LogP contribution in [0.4, 0.5) is 18.9 Å². The van der Waals surface area contributed by atoms with Crippen LogP contribution in [0.5, 0.6) is 0 Å². The largest absolute Gasteiger partial charge is 0.471 e. The van der Waals surface area contributed by atoms with Crippen LogP contribution in [0.3, 0.4) is 0 Å². The van der Waals surface area contributed by atoms with Crippen molar-refractivity contribution in [3.05, 3.63) is 41.5 Å². The second-order valence-electron chi connectivity index (χ2n) is 5.53. The molecule has 0 aromatic heterocycles. The summed E-state index contributed by atoms with van der Waals surface area (Å²) in [4.78, 5) is 23.9. The van der Waals surface area contributed by atoms with Gasteiger partial charge in [0.25, 0.3) is 0 Å². The number of nitrogens with zero attached hydrogens (tertiary/aromatic N) is 1. The van der Waals surface area contributed by atoms with Crippen molar-refractivity contribution in [1.29, 1.82) is 0 Å². The molecule has 1 atom stereocenters. The summed E-state index contributed by atoms with van der Waals surface area (Å²) < 4.78 is 38.5. The first kappa shape index (κ1) is 16.6. The Morgan fingerprint density at radius 2 is 1.92 bits per heavy atom. The summed E-state index contributed by atoms with van der Waals surface area (Å²) in [5.41, 5.74) is 6.31. The van der Waals surface area contributed by atoms with Crippen LogP contribution in [0.1, 0.15) is 21.8 Å². The number of anilines is 1. The van der Waals surface area contributed by atoms with Crippen molar-refractivity contribution in [1.82, 2.24) is 0 Å². The van der Waals surface area contributed by atoms with E-state index in [1.165, 1.54) is 12.1 Å². The maximum absolute atomic E-state index is 12.8. The zero-order chi connectivity index (χ0) is 17.6. The number of hydrogen-bond acceptors (Lipinski definition) is 2. The molecule has 2 aromatic rings. The maximum atomic E-state index is 12.8. The number of primary amides is 1. The molecule has 1 unspecified atom stereocenters. The lowest BCUT2D eigenvalue weighted by Crippen LogP contribution is -2.40. The van der Waals surface area contributed by atoms with E-state index in [-0.39, 0.29) is 23.7 Å². The third-order valence-corrected chi connectivity index (χ3v) is 4.49. The molecule has 1 heterocycles. The molecule has 1 aliphatic heterocycles. The Balaban J connectivity index is 2.24. The summed E-state index contributed by atoms with van der Waals surface area (Å²) in [5, 5.41) is 1.10. The highest BCUT2D eigenvalue weighted by Gasteiger charge is 2.46. The van der Waals surface area contributed by atoms with E-state index in [9.17, 15) is 22.8 Å². The smallest absolute Gasteiger partial charge is 0.366 e. The Hall–Kier alpha value is -2.28. The molecule has 0 fully saturated rings. The Morgan fingerprint density at radius 1 is 1.21 bits per heavy atom. The molecule has 2 amide bonds. The van der Waals surface area contributed by atoms with Crippen molar-refractivity contribution in [2.45, 2.75) is 12.1 Å². The fourth-order valence-electron chi connectivity index (χ4n) is 3.13. The lowest BCUT2D eigenvalue weighted by Gasteiger charge is -2.19. The van der Waals surface area contributed by atoms with E-state index in [4.69, 9.17) is 17.3 Å². The topological polar surface area (TPSA) is 63.4 Å². The monoisotopic (exact) mass is 356 g/mol. The molecule has 0 radical (unpaired) electrons. The van der Waals surface area contributed by atoms with Gasteiger partial charge in [-0.2, -0.15) is 13.2 Å². The van der Waals surface area contributed by atoms with Gasteiger partial charge in [-0.05, 0) is 28.5 Å². The van der Waals surface area contributed by atoms with Crippen LogP contribution >= 0.6 is 11.6 Å². The molecule has 3 rings (SSSR count). The lowest BCUT2D eigenvalue weighted by molar-refractivity contribution is -0.170. The third kappa shape index (κ3) is 2.49. The number of benzene rings is 2. The van der Waals surface area contributed by atoms with E-state index in [1.54, 1.807) is 18.2 Å². The predicted octanol–water partition coefficient (Wildman–Crippen LogP) is 3.17. The molecular formula is C16H12ClF3N2O2. The van der Waals surface area contributed by atoms with Crippen LogP contribution < -0.4 is 10.6 Å². The van der Waals surface area contributed by atoms with Crippen LogP contribution in [0.25, 0.3) is 10.8 Å². The Kier molecular flexibility index (Phi) is 3.91. The normalized spacial score (nSPS) is 17.2. The van der Waals surface area contributed by atoms with E-state index in [1.807, 2.05) is 0 Å². The van der Waals surface area contributed by atoms with Gasteiger partial charge in [0, 0.05) is 29.6 Å². The Bertz CT molecular complexity index is 851. The fourth-order valence-corrected chi connectivity index (χ4v) is 3.38. The number of rotatable bonds is 2. The minimum atomic E-state index is -4.97.